The van der Waals surface area contributed by atoms with Crippen LogP contribution in [0.5, 0.6) is 0 Å². The highest BCUT2D eigenvalue weighted by Crippen LogP contribution is 2.27. The number of carbonyl (C=O) groups is 1. The third-order valence-corrected chi connectivity index (χ3v) is 7.34. The molecule has 9 nitrogen and oxygen atoms in total. The number of tetrazole rings is 1. The number of amides is 1. The largest absolute Gasteiger partial charge is 0.326 e. The first-order valence-corrected chi connectivity index (χ1v) is 11.3. The first-order chi connectivity index (χ1) is 15.3. The number of hydrogen-bond acceptors (Lipinski definition) is 6. The van der Waals surface area contributed by atoms with E-state index < -0.39 is 21.7 Å². The Morgan fingerprint density at radius 2 is 1.84 bits per heavy atom. The number of halogens is 2. The Hall–Kier alpha value is -3.25. The third kappa shape index (κ3) is 4.36. The Morgan fingerprint density at radius 3 is 2.50 bits per heavy atom. The van der Waals surface area contributed by atoms with Gasteiger partial charge in [-0.05, 0) is 66.1 Å². The minimum atomic E-state index is -3.97. The van der Waals surface area contributed by atoms with E-state index in [0.717, 1.165) is 17.7 Å². The molecule has 12 heteroatoms. The molecule has 32 heavy (non-hydrogen) atoms. The standard InChI is InChI=1S/C20H20F2N6O3S/c1-13-2-3-15(28-12-23-25-26-28)10-19(13)24-20(29)14-6-8-27(9-7-14)32(30,31)16-4-5-17(21)18(22)11-16/h2-5,10-12,14H,6-9H2,1H3,(H,24,29). The summed E-state index contributed by atoms with van der Waals surface area (Å²) < 4.78 is 54.7. The van der Waals surface area contributed by atoms with Crippen LogP contribution in [-0.4, -0.2) is 51.9 Å². The fourth-order valence-corrected chi connectivity index (χ4v) is 5.03. The first kappa shape index (κ1) is 22.0. The van der Waals surface area contributed by atoms with Crippen LogP contribution in [0, 0.1) is 24.5 Å². The van der Waals surface area contributed by atoms with Crippen LogP contribution < -0.4 is 5.32 Å². The van der Waals surface area contributed by atoms with E-state index >= 15 is 0 Å². The molecule has 1 aromatic heterocycles. The lowest BCUT2D eigenvalue weighted by atomic mass is 9.97. The molecule has 1 amide bonds. The fraction of sp³-hybridized carbons (Fsp3) is 0.300. The van der Waals surface area contributed by atoms with Gasteiger partial charge in [-0.1, -0.05) is 6.07 Å². The van der Waals surface area contributed by atoms with Crippen LogP contribution in [0.3, 0.4) is 0 Å². The molecule has 168 valence electrons. The molecule has 0 radical (unpaired) electrons. The van der Waals surface area contributed by atoms with Gasteiger partial charge in [0.25, 0.3) is 0 Å². The molecule has 1 aliphatic heterocycles. The highest BCUT2D eigenvalue weighted by molar-refractivity contribution is 7.89. The predicted octanol–water partition coefficient (Wildman–Crippen LogP) is 2.29. The van der Waals surface area contributed by atoms with Crippen LogP contribution in [0.1, 0.15) is 18.4 Å². The summed E-state index contributed by atoms with van der Waals surface area (Å²) in [5, 5.41) is 13.9. The van der Waals surface area contributed by atoms with E-state index in [-0.39, 0.29) is 29.8 Å². The lowest BCUT2D eigenvalue weighted by Gasteiger charge is -2.30. The van der Waals surface area contributed by atoms with Crippen molar-refractivity contribution in [2.24, 2.45) is 5.92 Å². The van der Waals surface area contributed by atoms with E-state index in [2.05, 4.69) is 20.8 Å². The average Bonchev–Trinajstić information content (AvgIpc) is 3.32. The SMILES string of the molecule is Cc1ccc(-n2cnnn2)cc1NC(=O)C1CCN(S(=O)(=O)c2ccc(F)c(F)c2)CC1. The number of rotatable bonds is 5. The molecule has 0 atom stereocenters. The minimum Gasteiger partial charge on any atom is -0.326 e. The molecule has 2 aromatic carbocycles. The van der Waals surface area contributed by atoms with Crippen molar-refractivity contribution < 1.29 is 22.0 Å². The number of aromatic nitrogens is 4. The van der Waals surface area contributed by atoms with Crippen LogP contribution in [0.2, 0.25) is 0 Å². The number of sulfonamides is 1. The van der Waals surface area contributed by atoms with Crippen molar-refractivity contribution in [3.05, 3.63) is 59.9 Å². The Balaban J connectivity index is 1.42. The molecule has 1 N–H and O–H groups in total. The van der Waals surface area contributed by atoms with Crippen molar-refractivity contribution in [1.82, 2.24) is 24.5 Å². The molecular weight excluding hydrogens is 442 g/mol. The molecule has 3 aromatic rings. The summed E-state index contributed by atoms with van der Waals surface area (Å²) >= 11 is 0. The predicted molar refractivity (Wildman–Crippen MR) is 110 cm³/mol. The lowest BCUT2D eigenvalue weighted by Crippen LogP contribution is -2.41. The smallest absolute Gasteiger partial charge is 0.243 e. The number of aryl methyl sites for hydroxylation is 1. The number of hydrogen-bond donors (Lipinski definition) is 1. The van der Waals surface area contributed by atoms with Crippen molar-refractivity contribution in [1.29, 1.82) is 0 Å². The summed E-state index contributed by atoms with van der Waals surface area (Å²) in [6, 6.07) is 7.91. The van der Waals surface area contributed by atoms with Gasteiger partial charge in [-0.15, -0.1) is 5.10 Å². The number of carbonyl (C=O) groups excluding carboxylic acids is 1. The Labute approximate surface area is 183 Å². The zero-order valence-electron chi connectivity index (χ0n) is 17.1. The van der Waals surface area contributed by atoms with E-state index in [0.29, 0.717) is 30.3 Å². The number of nitrogens with one attached hydrogen (secondary N) is 1. The molecule has 1 saturated heterocycles. The Morgan fingerprint density at radius 1 is 1.09 bits per heavy atom. The number of benzene rings is 2. The van der Waals surface area contributed by atoms with Crippen molar-refractivity contribution in [3.8, 4) is 5.69 Å². The molecule has 0 spiro atoms. The molecule has 0 saturated carbocycles. The van der Waals surface area contributed by atoms with Gasteiger partial charge in [0, 0.05) is 24.7 Å². The highest BCUT2D eigenvalue weighted by atomic mass is 32.2. The van der Waals surface area contributed by atoms with Gasteiger partial charge < -0.3 is 5.32 Å². The third-order valence-electron chi connectivity index (χ3n) is 5.45. The van der Waals surface area contributed by atoms with Crippen molar-refractivity contribution >= 4 is 21.6 Å². The summed E-state index contributed by atoms with van der Waals surface area (Å²) in [5.41, 5.74) is 2.15. The van der Waals surface area contributed by atoms with Gasteiger partial charge in [-0.25, -0.2) is 21.9 Å². The van der Waals surface area contributed by atoms with Gasteiger partial charge >= 0.3 is 0 Å². The lowest BCUT2D eigenvalue weighted by molar-refractivity contribution is -0.120. The number of nitrogens with zero attached hydrogens (tertiary/aromatic N) is 5. The Kier molecular flexibility index (Phi) is 5.98. The average molecular weight is 462 g/mol. The first-order valence-electron chi connectivity index (χ1n) is 9.86. The van der Waals surface area contributed by atoms with Crippen molar-refractivity contribution in [3.63, 3.8) is 0 Å². The minimum absolute atomic E-state index is 0.100. The maximum Gasteiger partial charge on any atom is 0.243 e. The monoisotopic (exact) mass is 462 g/mol. The van der Waals surface area contributed by atoms with E-state index in [4.69, 9.17) is 0 Å². The maximum atomic E-state index is 13.5. The van der Waals surface area contributed by atoms with Crippen LogP contribution in [0.15, 0.2) is 47.6 Å². The number of anilines is 1. The summed E-state index contributed by atoms with van der Waals surface area (Å²) in [7, 11) is -3.97. The summed E-state index contributed by atoms with van der Waals surface area (Å²) in [6.07, 6.45) is 2.06. The fourth-order valence-electron chi connectivity index (χ4n) is 3.55. The van der Waals surface area contributed by atoms with Gasteiger partial charge in [0.15, 0.2) is 11.6 Å². The molecule has 2 heterocycles. The summed E-state index contributed by atoms with van der Waals surface area (Å²) in [6.45, 7) is 2.06. The van der Waals surface area contributed by atoms with Crippen LogP contribution in [0.25, 0.3) is 5.69 Å². The second kappa shape index (κ2) is 8.71. The van der Waals surface area contributed by atoms with Gasteiger partial charge in [-0.2, -0.15) is 4.31 Å². The van der Waals surface area contributed by atoms with Crippen molar-refractivity contribution in [2.45, 2.75) is 24.7 Å². The second-order valence-electron chi connectivity index (χ2n) is 7.50. The Bertz CT molecular complexity index is 1240. The quantitative estimate of drug-likeness (QED) is 0.623. The molecule has 0 bridgehead atoms. The van der Waals surface area contributed by atoms with Gasteiger partial charge in [0.05, 0.1) is 10.6 Å². The van der Waals surface area contributed by atoms with Crippen LogP contribution >= 0.6 is 0 Å². The van der Waals surface area contributed by atoms with E-state index in [9.17, 15) is 22.0 Å². The molecule has 1 fully saturated rings. The van der Waals surface area contributed by atoms with Crippen LogP contribution in [0.4, 0.5) is 14.5 Å². The van der Waals surface area contributed by atoms with Crippen LogP contribution in [-0.2, 0) is 14.8 Å². The van der Waals surface area contributed by atoms with Gasteiger partial charge in [0.1, 0.15) is 6.33 Å². The molecule has 1 aliphatic rings. The highest BCUT2D eigenvalue weighted by Gasteiger charge is 2.32. The summed E-state index contributed by atoms with van der Waals surface area (Å²) in [4.78, 5) is 12.5. The zero-order valence-corrected chi connectivity index (χ0v) is 17.9. The van der Waals surface area contributed by atoms with Gasteiger partial charge in [-0.3, -0.25) is 4.79 Å². The van der Waals surface area contributed by atoms with Crippen molar-refractivity contribution in [2.75, 3.05) is 18.4 Å². The molecule has 0 aliphatic carbocycles. The number of piperidine rings is 1. The second-order valence-corrected chi connectivity index (χ2v) is 9.44. The van der Waals surface area contributed by atoms with E-state index in [1.54, 1.807) is 6.07 Å². The molecule has 4 rings (SSSR count). The van der Waals surface area contributed by atoms with E-state index in [1.165, 1.54) is 15.3 Å². The normalized spacial score (nSPS) is 15.6. The van der Waals surface area contributed by atoms with E-state index in [1.807, 2.05) is 19.1 Å². The van der Waals surface area contributed by atoms with Gasteiger partial charge in [0.2, 0.25) is 15.9 Å². The maximum absolute atomic E-state index is 13.5. The zero-order chi connectivity index (χ0) is 22.9. The molecule has 0 unspecified atom stereocenters. The summed E-state index contributed by atoms with van der Waals surface area (Å²) in [5.74, 6) is -2.94. The molecular formula is C20H20F2N6O3S. The topological polar surface area (TPSA) is 110 Å².